The third-order valence-electron chi connectivity index (χ3n) is 2.41. The first-order chi connectivity index (χ1) is 6.40. The molecule has 0 heterocycles. The number of hydrogen-bond donors (Lipinski definition) is 1. The van der Waals surface area contributed by atoms with Gasteiger partial charge in [-0.25, -0.2) is 0 Å². The van der Waals surface area contributed by atoms with Crippen LogP contribution in [-0.4, -0.2) is 10.9 Å². The standard InChI is InChI=1S/C11H13NO/c13-12-11(8-9-6-7-9)10-4-2-1-3-5-10/h1-5,9,13H,6-8H2. The lowest BCUT2D eigenvalue weighted by Crippen LogP contribution is -2.01. The summed E-state index contributed by atoms with van der Waals surface area (Å²) in [6.45, 7) is 0. The molecule has 0 aromatic heterocycles. The number of rotatable bonds is 3. The Balaban J connectivity index is 2.12. The molecule has 2 nitrogen and oxygen atoms in total. The fourth-order valence-electron chi connectivity index (χ4n) is 1.44. The summed E-state index contributed by atoms with van der Waals surface area (Å²) in [4.78, 5) is 0. The molecule has 1 fully saturated rings. The van der Waals surface area contributed by atoms with E-state index in [1.807, 2.05) is 30.3 Å². The first-order valence-corrected chi connectivity index (χ1v) is 4.66. The summed E-state index contributed by atoms with van der Waals surface area (Å²) in [5, 5.41) is 12.2. The molecule has 13 heavy (non-hydrogen) atoms. The van der Waals surface area contributed by atoms with E-state index in [1.165, 1.54) is 12.8 Å². The van der Waals surface area contributed by atoms with Gasteiger partial charge in [0, 0.05) is 0 Å². The minimum absolute atomic E-state index is 0.756. The largest absolute Gasteiger partial charge is 0.411 e. The third kappa shape index (κ3) is 2.08. The van der Waals surface area contributed by atoms with Crippen LogP contribution in [0.25, 0.3) is 0 Å². The molecule has 1 saturated carbocycles. The van der Waals surface area contributed by atoms with Crippen molar-refractivity contribution in [3.8, 4) is 0 Å². The van der Waals surface area contributed by atoms with E-state index in [2.05, 4.69) is 5.16 Å². The van der Waals surface area contributed by atoms with Gasteiger partial charge in [0.15, 0.2) is 0 Å². The van der Waals surface area contributed by atoms with E-state index in [-0.39, 0.29) is 0 Å². The van der Waals surface area contributed by atoms with Crippen LogP contribution < -0.4 is 0 Å². The lowest BCUT2D eigenvalue weighted by Gasteiger charge is -2.02. The van der Waals surface area contributed by atoms with Crippen molar-refractivity contribution >= 4 is 5.71 Å². The first-order valence-electron chi connectivity index (χ1n) is 4.66. The maximum Gasteiger partial charge on any atom is 0.0870 e. The molecule has 1 aromatic rings. The fraction of sp³-hybridized carbons (Fsp3) is 0.364. The van der Waals surface area contributed by atoms with E-state index >= 15 is 0 Å². The van der Waals surface area contributed by atoms with E-state index < -0.39 is 0 Å². The summed E-state index contributed by atoms with van der Waals surface area (Å²) in [5.74, 6) is 0.756. The molecule has 0 radical (unpaired) electrons. The van der Waals surface area contributed by atoms with Crippen LogP contribution in [0.2, 0.25) is 0 Å². The van der Waals surface area contributed by atoms with Crippen molar-refractivity contribution in [3.05, 3.63) is 35.9 Å². The molecule has 0 bridgehead atoms. The number of hydrogen-bond acceptors (Lipinski definition) is 2. The highest BCUT2D eigenvalue weighted by atomic mass is 16.4. The molecular weight excluding hydrogens is 162 g/mol. The molecule has 2 rings (SSSR count). The Morgan fingerprint density at radius 2 is 2.00 bits per heavy atom. The zero-order valence-electron chi connectivity index (χ0n) is 7.48. The third-order valence-corrected chi connectivity index (χ3v) is 2.41. The summed E-state index contributed by atoms with van der Waals surface area (Å²) in [7, 11) is 0. The van der Waals surface area contributed by atoms with Gasteiger partial charge in [-0.3, -0.25) is 0 Å². The first kappa shape index (κ1) is 8.30. The van der Waals surface area contributed by atoms with Gasteiger partial charge in [-0.05, 0) is 30.7 Å². The zero-order chi connectivity index (χ0) is 9.10. The highest BCUT2D eigenvalue weighted by molar-refractivity contribution is 6.00. The van der Waals surface area contributed by atoms with Gasteiger partial charge in [-0.2, -0.15) is 0 Å². The number of nitrogens with zero attached hydrogens (tertiary/aromatic N) is 1. The molecule has 2 heteroatoms. The predicted molar refractivity (Wildman–Crippen MR) is 52.1 cm³/mol. The topological polar surface area (TPSA) is 32.6 Å². The van der Waals surface area contributed by atoms with E-state index in [0.717, 1.165) is 23.6 Å². The monoisotopic (exact) mass is 175 g/mol. The highest BCUT2D eigenvalue weighted by Crippen LogP contribution is 2.33. The fourth-order valence-corrected chi connectivity index (χ4v) is 1.44. The average Bonchev–Trinajstić information content (AvgIpc) is 2.99. The van der Waals surface area contributed by atoms with Gasteiger partial charge < -0.3 is 5.21 Å². The van der Waals surface area contributed by atoms with Crippen molar-refractivity contribution < 1.29 is 5.21 Å². The summed E-state index contributed by atoms with van der Waals surface area (Å²) in [6.07, 6.45) is 3.48. The van der Waals surface area contributed by atoms with Gasteiger partial charge in [-0.15, -0.1) is 0 Å². The van der Waals surface area contributed by atoms with Gasteiger partial charge in [0.1, 0.15) is 0 Å². The van der Waals surface area contributed by atoms with Crippen LogP contribution >= 0.6 is 0 Å². The van der Waals surface area contributed by atoms with Gasteiger partial charge in [0.05, 0.1) is 5.71 Å². The molecule has 1 aliphatic carbocycles. The van der Waals surface area contributed by atoms with Crippen molar-refractivity contribution in [2.75, 3.05) is 0 Å². The zero-order valence-corrected chi connectivity index (χ0v) is 7.48. The van der Waals surface area contributed by atoms with Crippen molar-refractivity contribution in [2.24, 2.45) is 11.1 Å². The van der Waals surface area contributed by atoms with Crippen LogP contribution in [0, 0.1) is 5.92 Å². The molecule has 0 amide bonds. The lowest BCUT2D eigenvalue weighted by atomic mass is 10.1. The van der Waals surface area contributed by atoms with Gasteiger partial charge in [-0.1, -0.05) is 35.5 Å². The Morgan fingerprint density at radius 3 is 2.54 bits per heavy atom. The highest BCUT2D eigenvalue weighted by Gasteiger charge is 2.23. The second kappa shape index (κ2) is 3.60. The molecule has 1 N–H and O–H groups in total. The second-order valence-corrected chi connectivity index (χ2v) is 3.56. The minimum Gasteiger partial charge on any atom is -0.411 e. The molecule has 1 aromatic carbocycles. The minimum atomic E-state index is 0.756. The van der Waals surface area contributed by atoms with Crippen LogP contribution in [0.15, 0.2) is 35.5 Å². The smallest absolute Gasteiger partial charge is 0.0870 e. The van der Waals surface area contributed by atoms with Crippen LogP contribution in [0.3, 0.4) is 0 Å². The van der Waals surface area contributed by atoms with Gasteiger partial charge in [0.2, 0.25) is 0 Å². The lowest BCUT2D eigenvalue weighted by molar-refractivity contribution is 0.317. The van der Waals surface area contributed by atoms with Crippen LogP contribution in [0.1, 0.15) is 24.8 Å². The maximum atomic E-state index is 8.84. The molecule has 68 valence electrons. The quantitative estimate of drug-likeness (QED) is 0.427. The Hall–Kier alpha value is -1.31. The summed E-state index contributed by atoms with van der Waals surface area (Å²) in [5.41, 5.74) is 1.86. The van der Waals surface area contributed by atoms with E-state index in [0.29, 0.717) is 0 Å². The molecule has 0 aliphatic heterocycles. The van der Waals surface area contributed by atoms with E-state index in [4.69, 9.17) is 5.21 Å². The van der Waals surface area contributed by atoms with Gasteiger partial charge in [0.25, 0.3) is 0 Å². The van der Waals surface area contributed by atoms with Gasteiger partial charge >= 0.3 is 0 Å². The molecule has 1 aliphatic rings. The molecule has 0 spiro atoms. The summed E-state index contributed by atoms with van der Waals surface area (Å²) >= 11 is 0. The van der Waals surface area contributed by atoms with Crippen molar-refractivity contribution in [1.82, 2.24) is 0 Å². The number of benzene rings is 1. The van der Waals surface area contributed by atoms with Crippen molar-refractivity contribution in [3.63, 3.8) is 0 Å². The molecular formula is C11H13NO. The molecule has 0 atom stereocenters. The SMILES string of the molecule is ON=C(CC1CC1)c1ccccc1. The molecule has 0 unspecified atom stereocenters. The maximum absolute atomic E-state index is 8.84. The molecule has 0 saturated heterocycles. The van der Waals surface area contributed by atoms with Crippen LogP contribution in [0.4, 0.5) is 0 Å². The van der Waals surface area contributed by atoms with Crippen molar-refractivity contribution in [1.29, 1.82) is 0 Å². The Kier molecular flexibility index (Phi) is 2.30. The summed E-state index contributed by atoms with van der Waals surface area (Å²) in [6, 6.07) is 9.87. The van der Waals surface area contributed by atoms with Crippen LogP contribution in [-0.2, 0) is 0 Å². The second-order valence-electron chi connectivity index (χ2n) is 3.56. The normalized spacial score (nSPS) is 17.4. The van der Waals surface area contributed by atoms with E-state index in [1.54, 1.807) is 0 Å². The Labute approximate surface area is 77.9 Å². The summed E-state index contributed by atoms with van der Waals surface area (Å²) < 4.78 is 0. The van der Waals surface area contributed by atoms with Crippen molar-refractivity contribution in [2.45, 2.75) is 19.3 Å². The van der Waals surface area contributed by atoms with Crippen LogP contribution in [0.5, 0.6) is 0 Å². The Morgan fingerprint density at radius 1 is 1.31 bits per heavy atom. The predicted octanol–water partition coefficient (Wildman–Crippen LogP) is 2.67. The van der Waals surface area contributed by atoms with E-state index in [9.17, 15) is 0 Å². The average molecular weight is 175 g/mol. The number of oxime groups is 1. The Bertz CT molecular complexity index is 301.